The number of ketones is 1. The quantitative estimate of drug-likeness (QED) is 0.619. The minimum atomic E-state index is -0.740. The number of carbonyl (C=O) groups excluding carboxylic acids is 2. The normalized spacial score (nSPS) is 31.8. The van der Waals surface area contributed by atoms with Crippen molar-refractivity contribution < 1.29 is 14.3 Å². The van der Waals surface area contributed by atoms with E-state index in [9.17, 15) is 9.59 Å². The van der Waals surface area contributed by atoms with Crippen LogP contribution in [0.1, 0.15) is 77.0 Å². The molecule has 2 rings (SSSR count). The maximum Gasteiger partial charge on any atom is 0.306 e. The molecule has 1 aliphatic carbocycles. The second-order valence-electron chi connectivity index (χ2n) is 5.72. The summed E-state index contributed by atoms with van der Waals surface area (Å²) in [6, 6.07) is 0. The molecule has 0 amide bonds. The Hall–Kier alpha value is -0.860. The molecule has 1 unspecified atom stereocenters. The van der Waals surface area contributed by atoms with Gasteiger partial charge in [0.1, 0.15) is 0 Å². The van der Waals surface area contributed by atoms with Crippen LogP contribution < -0.4 is 0 Å². The van der Waals surface area contributed by atoms with Gasteiger partial charge in [-0.1, -0.05) is 38.5 Å². The van der Waals surface area contributed by atoms with Gasteiger partial charge in [0.25, 0.3) is 0 Å². The number of carbonyl (C=O) groups is 2. The number of ether oxygens (including phenoxy) is 1. The van der Waals surface area contributed by atoms with E-state index < -0.39 is 5.60 Å². The van der Waals surface area contributed by atoms with Crippen LogP contribution in [0.25, 0.3) is 0 Å². The number of esters is 1. The Balaban J connectivity index is 1.99. The van der Waals surface area contributed by atoms with Crippen molar-refractivity contribution in [1.29, 1.82) is 0 Å². The zero-order valence-corrected chi connectivity index (χ0v) is 11.2. The lowest BCUT2D eigenvalue weighted by Crippen LogP contribution is -2.38. The molecule has 0 radical (unpaired) electrons. The van der Waals surface area contributed by atoms with E-state index in [-0.39, 0.29) is 11.8 Å². The Morgan fingerprint density at radius 2 is 1.33 bits per heavy atom. The Labute approximate surface area is 109 Å². The van der Waals surface area contributed by atoms with Gasteiger partial charge in [-0.2, -0.15) is 0 Å². The largest absolute Gasteiger partial charge is 0.451 e. The van der Waals surface area contributed by atoms with Gasteiger partial charge in [-0.3, -0.25) is 9.59 Å². The lowest BCUT2D eigenvalue weighted by Gasteiger charge is -2.26. The summed E-state index contributed by atoms with van der Waals surface area (Å²) in [6.07, 6.45) is 11.7. The van der Waals surface area contributed by atoms with Gasteiger partial charge in [0.05, 0.1) is 0 Å². The summed E-state index contributed by atoms with van der Waals surface area (Å²) in [5, 5.41) is 0. The molecule has 0 bridgehead atoms. The van der Waals surface area contributed by atoms with Crippen LogP contribution in [-0.4, -0.2) is 17.4 Å². The van der Waals surface area contributed by atoms with Crippen LogP contribution in [0.2, 0.25) is 0 Å². The standard InChI is InChI=1S/C15H24O3/c16-13-9-7-5-3-1-2-4-6-8-11-15(13)12-10-14(17)18-15/h1-12H2. The van der Waals surface area contributed by atoms with E-state index in [0.29, 0.717) is 19.3 Å². The SMILES string of the molecule is O=C1CCC2(CCCCCCCCCCC2=O)O1. The van der Waals surface area contributed by atoms with Gasteiger partial charge in [0, 0.05) is 19.3 Å². The minimum absolute atomic E-state index is 0.175. The molecular formula is C15H24O3. The molecule has 1 saturated heterocycles. The van der Waals surface area contributed by atoms with Crippen LogP contribution in [0, 0.1) is 0 Å². The second-order valence-corrected chi connectivity index (χ2v) is 5.72. The third kappa shape index (κ3) is 3.33. The van der Waals surface area contributed by atoms with Gasteiger partial charge >= 0.3 is 5.97 Å². The smallest absolute Gasteiger partial charge is 0.306 e. The van der Waals surface area contributed by atoms with Crippen LogP contribution in [-0.2, 0) is 14.3 Å². The molecule has 102 valence electrons. The molecule has 2 aliphatic rings. The Morgan fingerprint density at radius 3 is 1.94 bits per heavy atom. The van der Waals surface area contributed by atoms with Crippen molar-refractivity contribution in [3.63, 3.8) is 0 Å². The van der Waals surface area contributed by atoms with E-state index in [1.807, 2.05) is 0 Å². The highest BCUT2D eigenvalue weighted by molar-refractivity contribution is 5.92. The Bertz CT molecular complexity index is 311. The minimum Gasteiger partial charge on any atom is -0.451 e. The van der Waals surface area contributed by atoms with E-state index in [4.69, 9.17) is 4.74 Å². The molecule has 1 aliphatic heterocycles. The summed E-state index contributed by atoms with van der Waals surface area (Å²) >= 11 is 0. The maximum atomic E-state index is 12.3. The molecule has 1 atom stereocenters. The monoisotopic (exact) mass is 252 g/mol. The van der Waals surface area contributed by atoms with Crippen LogP contribution in [0.4, 0.5) is 0 Å². The van der Waals surface area contributed by atoms with Crippen molar-refractivity contribution in [2.45, 2.75) is 82.7 Å². The molecule has 1 heterocycles. The fraction of sp³-hybridized carbons (Fsp3) is 0.867. The van der Waals surface area contributed by atoms with Gasteiger partial charge in [0.15, 0.2) is 11.4 Å². The van der Waals surface area contributed by atoms with Gasteiger partial charge in [-0.25, -0.2) is 0 Å². The summed E-state index contributed by atoms with van der Waals surface area (Å²) in [6.45, 7) is 0. The topological polar surface area (TPSA) is 43.4 Å². The van der Waals surface area contributed by atoms with Crippen LogP contribution in [0.15, 0.2) is 0 Å². The number of hydrogen-bond acceptors (Lipinski definition) is 3. The molecule has 1 saturated carbocycles. The van der Waals surface area contributed by atoms with Crippen molar-refractivity contribution >= 4 is 11.8 Å². The predicted molar refractivity (Wildman–Crippen MR) is 69.2 cm³/mol. The summed E-state index contributed by atoms with van der Waals surface area (Å²) in [5.74, 6) is -0.00984. The molecule has 0 aromatic rings. The van der Waals surface area contributed by atoms with Gasteiger partial charge in [-0.15, -0.1) is 0 Å². The maximum absolute atomic E-state index is 12.3. The Kier molecular flexibility index (Phi) is 4.79. The average Bonchev–Trinajstić information content (AvgIpc) is 2.73. The number of rotatable bonds is 0. The first-order valence-electron chi connectivity index (χ1n) is 7.48. The van der Waals surface area contributed by atoms with Crippen molar-refractivity contribution in [2.75, 3.05) is 0 Å². The summed E-state index contributed by atoms with van der Waals surface area (Å²) in [5.41, 5.74) is -0.740. The van der Waals surface area contributed by atoms with Crippen molar-refractivity contribution in [3.8, 4) is 0 Å². The molecule has 18 heavy (non-hydrogen) atoms. The van der Waals surface area contributed by atoms with E-state index in [1.54, 1.807) is 0 Å². The zero-order chi connectivity index (χ0) is 12.8. The fourth-order valence-corrected chi connectivity index (χ4v) is 3.12. The van der Waals surface area contributed by atoms with Crippen LogP contribution >= 0.6 is 0 Å². The summed E-state index contributed by atoms with van der Waals surface area (Å²) < 4.78 is 5.42. The second kappa shape index (κ2) is 6.35. The molecule has 0 N–H and O–H groups in total. The van der Waals surface area contributed by atoms with E-state index in [1.165, 1.54) is 25.7 Å². The Morgan fingerprint density at radius 1 is 0.722 bits per heavy atom. The zero-order valence-electron chi connectivity index (χ0n) is 11.2. The van der Waals surface area contributed by atoms with E-state index >= 15 is 0 Å². The van der Waals surface area contributed by atoms with Crippen LogP contribution in [0.3, 0.4) is 0 Å². The first-order valence-corrected chi connectivity index (χ1v) is 7.48. The van der Waals surface area contributed by atoms with Gasteiger partial charge in [0.2, 0.25) is 0 Å². The third-order valence-electron chi connectivity index (χ3n) is 4.28. The van der Waals surface area contributed by atoms with E-state index in [2.05, 4.69) is 0 Å². The lowest BCUT2D eigenvalue weighted by atomic mass is 9.85. The predicted octanol–water partition coefficient (Wildman–Crippen LogP) is 3.55. The molecule has 1 spiro atoms. The van der Waals surface area contributed by atoms with Crippen molar-refractivity contribution in [3.05, 3.63) is 0 Å². The molecule has 2 fully saturated rings. The average molecular weight is 252 g/mol. The first kappa shape index (κ1) is 13.6. The molecule has 3 heteroatoms. The van der Waals surface area contributed by atoms with Crippen LogP contribution in [0.5, 0.6) is 0 Å². The fourth-order valence-electron chi connectivity index (χ4n) is 3.12. The highest BCUT2D eigenvalue weighted by Gasteiger charge is 2.45. The van der Waals surface area contributed by atoms with Gasteiger partial charge < -0.3 is 4.74 Å². The molecule has 0 aromatic heterocycles. The molecular weight excluding hydrogens is 228 g/mol. The first-order chi connectivity index (χ1) is 8.73. The third-order valence-corrected chi connectivity index (χ3v) is 4.28. The molecule has 3 nitrogen and oxygen atoms in total. The van der Waals surface area contributed by atoms with Crippen molar-refractivity contribution in [1.82, 2.24) is 0 Å². The highest BCUT2D eigenvalue weighted by Crippen LogP contribution is 2.35. The number of Topliss-reactive ketones (excluding diaryl/α,β-unsaturated/α-hetero) is 1. The van der Waals surface area contributed by atoms with E-state index in [0.717, 1.165) is 32.1 Å². The number of hydrogen-bond donors (Lipinski definition) is 0. The lowest BCUT2D eigenvalue weighted by molar-refractivity contribution is -0.158. The summed E-state index contributed by atoms with van der Waals surface area (Å²) in [7, 11) is 0. The van der Waals surface area contributed by atoms with Crippen molar-refractivity contribution in [2.24, 2.45) is 0 Å². The summed E-state index contributed by atoms with van der Waals surface area (Å²) in [4.78, 5) is 23.7. The highest BCUT2D eigenvalue weighted by atomic mass is 16.6. The van der Waals surface area contributed by atoms with Gasteiger partial charge in [-0.05, 0) is 19.3 Å². The molecule has 0 aromatic carbocycles.